The van der Waals surface area contributed by atoms with Gasteiger partial charge in [-0.3, -0.25) is 37.3 Å². The summed E-state index contributed by atoms with van der Waals surface area (Å²) in [4.78, 5) is 72.3. The molecule has 534 valence electrons. The molecule has 3 N–H and O–H groups in total. The predicted molar refractivity (Wildman–Crippen MR) is 363 cm³/mol. The predicted octanol–water partition coefficient (Wildman–Crippen LogP) is 20.4. The summed E-state index contributed by atoms with van der Waals surface area (Å²) in [5.74, 6) is -0.647. The van der Waals surface area contributed by atoms with E-state index in [0.717, 1.165) is 108 Å². The monoisotopic (exact) mass is 1320 g/mol. The lowest BCUT2D eigenvalue weighted by atomic mass is 10.0. The Kier molecular flexibility index (Phi) is 61.8. The van der Waals surface area contributed by atoms with Crippen molar-refractivity contribution in [3.05, 3.63) is 0 Å². The van der Waals surface area contributed by atoms with Gasteiger partial charge in [0.25, 0.3) is 0 Å². The van der Waals surface area contributed by atoms with Gasteiger partial charge in [-0.1, -0.05) is 311 Å². The van der Waals surface area contributed by atoms with Crippen molar-refractivity contribution < 1.29 is 80.2 Å². The summed E-state index contributed by atoms with van der Waals surface area (Å²) >= 11 is 0. The minimum atomic E-state index is -4.95. The molecule has 90 heavy (non-hydrogen) atoms. The maximum atomic E-state index is 13.0. The number of aliphatic hydroxyl groups excluding tert-OH is 1. The number of phosphoric acid groups is 2. The van der Waals surface area contributed by atoms with Crippen LogP contribution >= 0.6 is 15.6 Å². The van der Waals surface area contributed by atoms with E-state index in [1.165, 1.54) is 173 Å². The van der Waals surface area contributed by atoms with Crippen LogP contribution in [0.4, 0.5) is 0 Å². The summed E-state index contributed by atoms with van der Waals surface area (Å²) in [5, 5.41) is 10.6. The van der Waals surface area contributed by atoms with Crippen LogP contribution in [-0.2, 0) is 65.4 Å². The molecule has 5 atom stereocenters. The number of ether oxygens (including phenoxy) is 4. The third-order valence-corrected chi connectivity index (χ3v) is 18.4. The van der Waals surface area contributed by atoms with E-state index in [-0.39, 0.29) is 25.7 Å². The van der Waals surface area contributed by atoms with E-state index in [1.54, 1.807) is 0 Å². The van der Waals surface area contributed by atoms with Gasteiger partial charge in [0, 0.05) is 25.7 Å². The maximum absolute atomic E-state index is 13.0. The fraction of sp³-hybridized carbons (Fsp3) is 0.944. The standard InChI is InChI=1S/C71H138O17P2/c1-7-9-11-13-14-15-16-17-18-19-20-21-22-23-24-27-31-37-43-49-55-70(75)88-67(60-82-69(74)54-48-42-36-30-28-25-26-29-34-40-45-51-63(3)4)62-86-90(79,80)84-58-65(72)57-83-89(77,78)85-61-66(59-81-68(73)53-47-39-12-10-8-2)87-71(76)56-50-44-38-33-32-35-41-46-52-64(5)6/h63-67,72H,7-62H2,1-6H3,(H,77,78)(H,79,80)/t65-,66+,67+/m0/s1. The Bertz CT molecular complexity index is 1750. The Morgan fingerprint density at radius 1 is 0.300 bits per heavy atom. The average Bonchev–Trinajstić information content (AvgIpc) is 3.70. The molecule has 0 spiro atoms. The van der Waals surface area contributed by atoms with Crippen molar-refractivity contribution in [2.75, 3.05) is 39.6 Å². The zero-order valence-electron chi connectivity index (χ0n) is 58.4. The zero-order valence-corrected chi connectivity index (χ0v) is 60.2. The van der Waals surface area contributed by atoms with Crippen LogP contribution in [0.3, 0.4) is 0 Å². The zero-order chi connectivity index (χ0) is 66.5. The molecule has 2 unspecified atom stereocenters. The fourth-order valence-corrected chi connectivity index (χ4v) is 12.3. The second-order valence-corrected chi connectivity index (χ2v) is 29.5. The van der Waals surface area contributed by atoms with Gasteiger partial charge < -0.3 is 33.8 Å². The third-order valence-electron chi connectivity index (χ3n) is 16.5. The van der Waals surface area contributed by atoms with Crippen molar-refractivity contribution in [1.29, 1.82) is 0 Å². The number of esters is 4. The largest absolute Gasteiger partial charge is 0.472 e. The summed E-state index contributed by atoms with van der Waals surface area (Å²) in [5.41, 5.74) is 0. The first-order valence-corrected chi connectivity index (χ1v) is 40.0. The van der Waals surface area contributed by atoms with Gasteiger partial charge in [0.2, 0.25) is 0 Å². The molecule has 0 aromatic carbocycles. The Labute approximate surface area is 549 Å². The highest BCUT2D eigenvalue weighted by atomic mass is 31.2. The average molecular weight is 1330 g/mol. The van der Waals surface area contributed by atoms with Crippen LogP contribution in [0.5, 0.6) is 0 Å². The van der Waals surface area contributed by atoms with Crippen molar-refractivity contribution in [2.24, 2.45) is 11.8 Å². The fourth-order valence-electron chi connectivity index (χ4n) is 10.8. The van der Waals surface area contributed by atoms with E-state index in [4.69, 9.17) is 37.0 Å². The summed E-state index contributed by atoms with van der Waals surface area (Å²) < 4.78 is 68.1. The Balaban J connectivity index is 5.13. The number of hydrogen-bond acceptors (Lipinski definition) is 15. The lowest BCUT2D eigenvalue weighted by Gasteiger charge is -2.21. The second kappa shape index (κ2) is 63.1. The van der Waals surface area contributed by atoms with E-state index in [1.807, 2.05) is 0 Å². The minimum absolute atomic E-state index is 0.104. The van der Waals surface area contributed by atoms with Crippen LogP contribution in [0.15, 0.2) is 0 Å². The van der Waals surface area contributed by atoms with Gasteiger partial charge in [0.15, 0.2) is 12.2 Å². The molecule has 0 aromatic rings. The first-order valence-electron chi connectivity index (χ1n) is 37.0. The van der Waals surface area contributed by atoms with E-state index >= 15 is 0 Å². The molecule has 0 fully saturated rings. The summed E-state index contributed by atoms with van der Waals surface area (Å²) in [6.45, 7) is 9.42. The van der Waals surface area contributed by atoms with Gasteiger partial charge in [-0.05, 0) is 37.5 Å². The Morgan fingerprint density at radius 3 is 0.756 bits per heavy atom. The number of carbonyl (C=O) groups excluding carboxylic acids is 4. The summed E-state index contributed by atoms with van der Waals surface area (Å²) in [7, 11) is -9.89. The molecule has 0 aliphatic rings. The maximum Gasteiger partial charge on any atom is 0.472 e. The van der Waals surface area contributed by atoms with Gasteiger partial charge in [-0.2, -0.15) is 0 Å². The molecule has 19 heteroatoms. The highest BCUT2D eigenvalue weighted by Crippen LogP contribution is 2.45. The van der Waals surface area contributed by atoms with Gasteiger partial charge in [0.05, 0.1) is 26.4 Å². The molecule has 0 amide bonds. The van der Waals surface area contributed by atoms with E-state index in [0.29, 0.717) is 25.7 Å². The SMILES string of the molecule is CCCCCCCCCCCCCCCCCCCCCCC(=O)O[C@H](COC(=O)CCCCCCCCCCCCCC(C)C)COP(=O)(O)OC[C@@H](O)COP(=O)(O)OC[C@@H](COC(=O)CCCCCCC)OC(=O)CCCCCCCCCCC(C)C. The van der Waals surface area contributed by atoms with Gasteiger partial charge in [0.1, 0.15) is 19.3 Å². The Morgan fingerprint density at radius 2 is 0.511 bits per heavy atom. The molecule has 0 bridgehead atoms. The van der Waals surface area contributed by atoms with Crippen molar-refractivity contribution in [1.82, 2.24) is 0 Å². The molecule has 0 aliphatic heterocycles. The minimum Gasteiger partial charge on any atom is -0.462 e. The van der Waals surface area contributed by atoms with Crippen molar-refractivity contribution in [3.8, 4) is 0 Å². The van der Waals surface area contributed by atoms with Crippen LogP contribution in [0.2, 0.25) is 0 Å². The second-order valence-electron chi connectivity index (χ2n) is 26.6. The molecule has 0 rings (SSSR count). The van der Waals surface area contributed by atoms with Gasteiger partial charge >= 0.3 is 39.5 Å². The number of phosphoric ester groups is 2. The van der Waals surface area contributed by atoms with E-state index in [9.17, 15) is 43.2 Å². The van der Waals surface area contributed by atoms with Crippen LogP contribution < -0.4 is 0 Å². The molecular formula is C71H138O17P2. The van der Waals surface area contributed by atoms with E-state index < -0.39 is 97.5 Å². The van der Waals surface area contributed by atoms with Gasteiger partial charge in [-0.15, -0.1) is 0 Å². The molecule has 0 saturated carbocycles. The van der Waals surface area contributed by atoms with Gasteiger partial charge in [-0.25, -0.2) is 9.13 Å². The quantitative estimate of drug-likeness (QED) is 0.0222. The molecule has 0 radical (unpaired) electrons. The summed E-state index contributed by atoms with van der Waals surface area (Å²) in [6, 6.07) is 0. The molecule has 0 aliphatic carbocycles. The smallest absolute Gasteiger partial charge is 0.462 e. The normalized spacial score (nSPS) is 14.1. The molecular weight excluding hydrogens is 1190 g/mol. The summed E-state index contributed by atoms with van der Waals surface area (Å²) in [6.07, 6.45) is 49.1. The van der Waals surface area contributed by atoms with Crippen LogP contribution in [-0.4, -0.2) is 96.7 Å². The first-order chi connectivity index (χ1) is 43.4. The van der Waals surface area contributed by atoms with E-state index in [2.05, 4.69) is 41.5 Å². The number of hydrogen-bond donors (Lipinski definition) is 3. The van der Waals surface area contributed by atoms with Crippen LogP contribution in [0, 0.1) is 11.8 Å². The number of aliphatic hydroxyl groups is 1. The lowest BCUT2D eigenvalue weighted by Crippen LogP contribution is -2.30. The van der Waals surface area contributed by atoms with Crippen molar-refractivity contribution in [3.63, 3.8) is 0 Å². The lowest BCUT2D eigenvalue weighted by molar-refractivity contribution is -0.161. The topological polar surface area (TPSA) is 237 Å². The first kappa shape index (κ1) is 88.1. The van der Waals surface area contributed by atoms with Crippen molar-refractivity contribution >= 4 is 39.5 Å². The molecule has 0 aromatic heterocycles. The molecule has 0 heterocycles. The highest BCUT2D eigenvalue weighted by molar-refractivity contribution is 7.47. The number of carbonyl (C=O) groups is 4. The molecule has 0 saturated heterocycles. The number of rotatable bonds is 70. The Hall–Kier alpha value is -1.94. The highest BCUT2D eigenvalue weighted by Gasteiger charge is 2.30. The third kappa shape index (κ3) is 64.8. The van der Waals surface area contributed by atoms with Crippen LogP contribution in [0.1, 0.15) is 363 Å². The van der Waals surface area contributed by atoms with Crippen LogP contribution in [0.25, 0.3) is 0 Å². The van der Waals surface area contributed by atoms with Crippen molar-refractivity contribution in [2.45, 2.75) is 381 Å². The number of unbranched alkanes of at least 4 members (excludes halogenated alkanes) is 40. The molecule has 17 nitrogen and oxygen atoms in total.